The number of anilines is 1. The fourth-order valence-corrected chi connectivity index (χ4v) is 2.11. The van der Waals surface area contributed by atoms with Gasteiger partial charge >= 0.3 is 0 Å². The van der Waals surface area contributed by atoms with E-state index in [4.69, 9.17) is 0 Å². The number of rotatable bonds is 2. The van der Waals surface area contributed by atoms with Gasteiger partial charge in [0.2, 0.25) is 0 Å². The third-order valence-corrected chi connectivity index (χ3v) is 3.36. The molecule has 0 saturated carbocycles. The number of hydrogen-bond acceptors (Lipinski definition) is 3. The average molecular weight is 328 g/mol. The number of halogens is 1. The van der Waals surface area contributed by atoms with Gasteiger partial charge < -0.3 is 5.32 Å². The van der Waals surface area contributed by atoms with Crippen LogP contribution < -0.4 is 5.32 Å². The Morgan fingerprint density at radius 2 is 1.65 bits per heavy atom. The molecule has 0 unspecified atom stereocenters. The lowest BCUT2D eigenvalue weighted by molar-refractivity contribution is 0.102. The molecule has 3 aromatic rings. The van der Waals surface area contributed by atoms with Gasteiger partial charge in [0.25, 0.3) is 5.91 Å². The normalized spacial score (nSPS) is 10.4. The summed E-state index contributed by atoms with van der Waals surface area (Å²) in [6.07, 6.45) is 3.27. The van der Waals surface area contributed by atoms with Gasteiger partial charge in [-0.2, -0.15) is 0 Å². The third kappa shape index (κ3) is 2.67. The zero-order chi connectivity index (χ0) is 13.9. The second kappa shape index (κ2) is 5.38. The smallest absolute Gasteiger partial charge is 0.255 e. The van der Waals surface area contributed by atoms with Crippen LogP contribution in [0.2, 0.25) is 0 Å². The number of benzene rings is 2. The molecule has 0 atom stereocenters. The van der Waals surface area contributed by atoms with E-state index in [1.54, 1.807) is 30.6 Å². The van der Waals surface area contributed by atoms with E-state index in [1.165, 1.54) is 0 Å². The maximum Gasteiger partial charge on any atom is 0.255 e. The molecule has 3 rings (SSSR count). The Morgan fingerprint density at radius 1 is 0.950 bits per heavy atom. The lowest BCUT2D eigenvalue weighted by Gasteiger charge is -2.06. The summed E-state index contributed by atoms with van der Waals surface area (Å²) < 4.78 is 0.940. The number of nitrogens with zero attached hydrogens (tertiary/aromatic N) is 2. The van der Waals surface area contributed by atoms with Crippen molar-refractivity contribution in [3.63, 3.8) is 0 Å². The minimum Gasteiger partial charge on any atom is -0.322 e. The summed E-state index contributed by atoms with van der Waals surface area (Å²) in [6.45, 7) is 0. The summed E-state index contributed by atoms with van der Waals surface area (Å²) in [6, 6.07) is 12.6. The van der Waals surface area contributed by atoms with E-state index >= 15 is 0 Å². The van der Waals surface area contributed by atoms with E-state index in [9.17, 15) is 4.79 Å². The largest absolute Gasteiger partial charge is 0.322 e. The van der Waals surface area contributed by atoms with Crippen molar-refractivity contribution in [2.75, 3.05) is 5.32 Å². The van der Waals surface area contributed by atoms with Crippen LogP contribution in [0, 0.1) is 0 Å². The zero-order valence-electron chi connectivity index (χ0n) is 10.4. The molecule has 0 radical (unpaired) electrons. The van der Waals surface area contributed by atoms with Crippen molar-refractivity contribution in [2.24, 2.45) is 0 Å². The van der Waals surface area contributed by atoms with Gasteiger partial charge in [0.15, 0.2) is 0 Å². The molecule has 1 amide bonds. The SMILES string of the molecule is O=C(Nc1ccc2nccnc2c1)c1ccc(Br)cc1. The molecular formula is C15H10BrN3O. The first kappa shape index (κ1) is 12.7. The van der Waals surface area contributed by atoms with Crippen LogP contribution in [0.25, 0.3) is 11.0 Å². The second-order valence-corrected chi connectivity index (χ2v) is 5.14. The minimum atomic E-state index is -0.152. The number of aromatic nitrogens is 2. The van der Waals surface area contributed by atoms with Crippen molar-refractivity contribution in [1.29, 1.82) is 0 Å². The summed E-state index contributed by atoms with van der Waals surface area (Å²) >= 11 is 3.34. The predicted octanol–water partition coefficient (Wildman–Crippen LogP) is 3.64. The fraction of sp³-hybridized carbons (Fsp3) is 0. The quantitative estimate of drug-likeness (QED) is 0.781. The molecule has 1 heterocycles. The fourth-order valence-electron chi connectivity index (χ4n) is 1.85. The van der Waals surface area contributed by atoms with E-state index in [0.717, 1.165) is 15.5 Å². The molecule has 5 heteroatoms. The number of carbonyl (C=O) groups is 1. The Balaban J connectivity index is 1.85. The van der Waals surface area contributed by atoms with Crippen LogP contribution in [0.1, 0.15) is 10.4 Å². The molecule has 20 heavy (non-hydrogen) atoms. The predicted molar refractivity (Wildman–Crippen MR) is 81.6 cm³/mol. The second-order valence-electron chi connectivity index (χ2n) is 4.22. The molecule has 0 aliphatic heterocycles. The molecule has 1 N–H and O–H groups in total. The van der Waals surface area contributed by atoms with Crippen LogP contribution >= 0.6 is 15.9 Å². The molecule has 1 aromatic heterocycles. The van der Waals surface area contributed by atoms with Gasteiger partial charge in [0.1, 0.15) is 0 Å². The van der Waals surface area contributed by atoms with Crippen molar-refractivity contribution in [1.82, 2.24) is 9.97 Å². The number of carbonyl (C=O) groups excluding carboxylic acids is 1. The molecule has 4 nitrogen and oxygen atoms in total. The van der Waals surface area contributed by atoms with Crippen LogP contribution in [-0.2, 0) is 0 Å². The molecule has 0 spiro atoms. The first-order chi connectivity index (χ1) is 9.72. The van der Waals surface area contributed by atoms with Gasteiger partial charge in [-0.25, -0.2) is 0 Å². The highest BCUT2D eigenvalue weighted by atomic mass is 79.9. The highest BCUT2D eigenvalue weighted by Gasteiger charge is 2.06. The maximum atomic E-state index is 12.1. The lowest BCUT2D eigenvalue weighted by atomic mass is 10.2. The molecule has 0 aliphatic carbocycles. The summed E-state index contributed by atoms with van der Waals surface area (Å²) in [7, 11) is 0. The summed E-state index contributed by atoms with van der Waals surface area (Å²) in [4.78, 5) is 20.5. The van der Waals surface area contributed by atoms with E-state index in [-0.39, 0.29) is 5.91 Å². The van der Waals surface area contributed by atoms with Crippen LogP contribution in [-0.4, -0.2) is 15.9 Å². The van der Waals surface area contributed by atoms with Crippen molar-refractivity contribution in [3.8, 4) is 0 Å². The molecule has 2 aromatic carbocycles. The minimum absolute atomic E-state index is 0.152. The Morgan fingerprint density at radius 3 is 2.40 bits per heavy atom. The molecule has 0 aliphatic rings. The van der Waals surface area contributed by atoms with E-state index in [0.29, 0.717) is 11.3 Å². The first-order valence-corrected chi connectivity index (χ1v) is 6.79. The van der Waals surface area contributed by atoms with Crippen molar-refractivity contribution in [2.45, 2.75) is 0 Å². The number of fused-ring (bicyclic) bond motifs is 1. The van der Waals surface area contributed by atoms with Crippen molar-refractivity contribution < 1.29 is 4.79 Å². The Bertz CT molecular complexity index is 771. The third-order valence-electron chi connectivity index (χ3n) is 2.83. The van der Waals surface area contributed by atoms with Gasteiger partial charge in [-0.15, -0.1) is 0 Å². The molecule has 0 fully saturated rings. The van der Waals surface area contributed by atoms with Gasteiger partial charge in [-0.05, 0) is 42.5 Å². The Hall–Kier alpha value is -2.27. The Kier molecular flexibility index (Phi) is 3.43. The molecule has 0 saturated heterocycles. The van der Waals surface area contributed by atoms with Crippen LogP contribution in [0.15, 0.2) is 59.3 Å². The van der Waals surface area contributed by atoms with Crippen LogP contribution in [0.4, 0.5) is 5.69 Å². The number of hydrogen-bond donors (Lipinski definition) is 1. The summed E-state index contributed by atoms with van der Waals surface area (Å²) in [5.41, 5.74) is 2.86. The first-order valence-electron chi connectivity index (χ1n) is 6.00. The van der Waals surface area contributed by atoms with Crippen LogP contribution in [0.5, 0.6) is 0 Å². The summed E-state index contributed by atoms with van der Waals surface area (Å²) in [5, 5.41) is 2.85. The van der Waals surface area contributed by atoms with E-state index in [2.05, 4.69) is 31.2 Å². The molecule has 98 valence electrons. The van der Waals surface area contributed by atoms with Crippen LogP contribution in [0.3, 0.4) is 0 Å². The van der Waals surface area contributed by atoms with Crippen molar-refractivity contribution in [3.05, 3.63) is 64.9 Å². The average Bonchev–Trinajstić information content (AvgIpc) is 2.48. The highest BCUT2D eigenvalue weighted by Crippen LogP contribution is 2.17. The maximum absolute atomic E-state index is 12.1. The zero-order valence-corrected chi connectivity index (χ0v) is 12.0. The van der Waals surface area contributed by atoms with E-state index in [1.807, 2.05) is 24.3 Å². The van der Waals surface area contributed by atoms with E-state index < -0.39 is 0 Å². The standard InChI is InChI=1S/C15H10BrN3O/c16-11-3-1-10(2-4-11)15(20)19-12-5-6-13-14(9-12)18-8-7-17-13/h1-9H,(H,19,20). The van der Waals surface area contributed by atoms with Gasteiger partial charge in [0.05, 0.1) is 11.0 Å². The monoisotopic (exact) mass is 327 g/mol. The summed E-state index contributed by atoms with van der Waals surface area (Å²) in [5.74, 6) is -0.152. The molecular weight excluding hydrogens is 318 g/mol. The van der Waals surface area contributed by atoms with Gasteiger partial charge in [-0.3, -0.25) is 14.8 Å². The van der Waals surface area contributed by atoms with Gasteiger partial charge in [0, 0.05) is 28.1 Å². The van der Waals surface area contributed by atoms with Gasteiger partial charge in [-0.1, -0.05) is 15.9 Å². The number of amides is 1. The van der Waals surface area contributed by atoms with Crippen molar-refractivity contribution >= 4 is 38.6 Å². The Labute approximate surface area is 124 Å². The number of nitrogens with one attached hydrogen (secondary N) is 1. The lowest BCUT2D eigenvalue weighted by Crippen LogP contribution is -2.11. The molecule has 0 bridgehead atoms. The topological polar surface area (TPSA) is 54.9 Å². The highest BCUT2D eigenvalue weighted by molar-refractivity contribution is 9.10.